The van der Waals surface area contributed by atoms with Crippen molar-refractivity contribution < 1.29 is 80.2 Å². The smallest absolute Gasteiger partial charge is 0.462 e. The summed E-state index contributed by atoms with van der Waals surface area (Å²) in [6.07, 6.45) is 65.3. The van der Waals surface area contributed by atoms with Crippen molar-refractivity contribution in [2.45, 2.75) is 472 Å². The van der Waals surface area contributed by atoms with Gasteiger partial charge in [0.05, 0.1) is 26.4 Å². The molecule has 4 unspecified atom stereocenters. The first-order valence-corrected chi connectivity index (χ1v) is 47.8. The molecule has 630 valence electrons. The summed E-state index contributed by atoms with van der Waals surface area (Å²) in [6, 6.07) is 0. The molecule has 7 atom stereocenters. The second kappa shape index (κ2) is 75.7. The number of ether oxygens (including phenoxy) is 4. The fourth-order valence-corrected chi connectivity index (χ4v) is 15.0. The van der Waals surface area contributed by atoms with E-state index >= 15 is 0 Å². The molecule has 17 nitrogen and oxygen atoms in total. The minimum absolute atomic E-state index is 0.107. The van der Waals surface area contributed by atoms with Crippen LogP contribution >= 0.6 is 15.6 Å². The van der Waals surface area contributed by atoms with E-state index in [4.69, 9.17) is 37.0 Å². The van der Waals surface area contributed by atoms with E-state index in [1.807, 2.05) is 0 Å². The Morgan fingerprint density at radius 2 is 0.453 bits per heavy atom. The van der Waals surface area contributed by atoms with Crippen LogP contribution in [-0.4, -0.2) is 96.7 Å². The lowest BCUT2D eigenvalue weighted by molar-refractivity contribution is -0.161. The normalized spacial score (nSPS) is 14.4. The topological polar surface area (TPSA) is 237 Å². The van der Waals surface area contributed by atoms with Crippen molar-refractivity contribution in [2.24, 2.45) is 23.7 Å². The average molecular weight is 1550 g/mol. The lowest BCUT2D eigenvalue weighted by Crippen LogP contribution is -2.30. The summed E-state index contributed by atoms with van der Waals surface area (Å²) in [5, 5.41) is 10.7. The van der Waals surface area contributed by atoms with E-state index in [0.29, 0.717) is 25.7 Å². The predicted octanol–water partition coefficient (Wildman–Crippen LogP) is 26.3. The Hall–Kier alpha value is -1.94. The van der Waals surface area contributed by atoms with E-state index < -0.39 is 97.5 Å². The number of phosphoric acid groups is 2. The Labute approximate surface area is 651 Å². The number of aliphatic hydroxyl groups excluding tert-OH is 1. The van der Waals surface area contributed by atoms with Crippen LogP contribution in [0.3, 0.4) is 0 Å². The van der Waals surface area contributed by atoms with Crippen LogP contribution < -0.4 is 0 Å². The van der Waals surface area contributed by atoms with Crippen molar-refractivity contribution in [2.75, 3.05) is 39.6 Å². The number of rotatable bonds is 84. The van der Waals surface area contributed by atoms with Crippen molar-refractivity contribution >= 4 is 39.5 Å². The maximum Gasteiger partial charge on any atom is 0.472 e. The minimum Gasteiger partial charge on any atom is -0.462 e. The van der Waals surface area contributed by atoms with Crippen LogP contribution in [0.4, 0.5) is 0 Å². The van der Waals surface area contributed by atoms with E-state index in [0.717, 1.165) is 120 Å². The molecular weight excluding hydrogens is 1380 g/mol. The molecular formula is C87H170O17P2. The van der Waals surface area contributed by atoms with Crippen molar-refractivity contribution in [3.63, 3.8) is 0 Å². The van der Waals surface area contributed by atoms with Crippen LogP contribution in [0.5, 0.6) is 0 Å². The first-order chi connectivity index (χ1) is 51.2. The number of phosphoric ester groups is 2. The fraction of sp³-hybridized carbons (Fsp3) is 0.954. The maximum absolute atomic E-state index is 13.1. The second-order valence-corrected chi connectivity index (χ2v) is 35.6. The van der Waals surface area contributed by atoms with E-state index in [2.05, 4.69) is 55.4 Å². The van der Waals surface area contributed by atoms with Crippen molar-refractivity contribution in [1.82, 2.24) is 0 Å². The number of aliphatic hydroxyl groups is 1. The summed E-state index contributed by atoms with van der Waals surface area (Å²) in [6.45, 7) is 14.4. The molecule has 0 aliphatic heterocycles. The average Bonchev–Trinajstić information content (AvgIpc) is 0.908. The van der Waals surface area contributed by atoms with Gasteiger partial charge in [0.2, 0.25) is 0 Å². The van der Waals surface area contributed by atoms with Crippen LogP contribution in [0.25, 0.3) is 0 Å². The van der Waals surface area contributed by atoms with E-state index in [9.17, 15) is 43.2 Å². The number of esters is 4. The Balaban J connectivity index is 5.21. The van der Waals surface area contributed by atoms with E-state index in [1.165, 1.54) is 250 Å². The first kappa shape index (κ1) is 104. The number of carbonyl (C=O) groups is 4. The van der Waals surface area contributed by atoms with Gasteiger partial charge in [-0.05, 0) is 49.4 Å². The Bertz CT molecular complexity index is 2060. The number of carbonyl (C=O) groups excluding carboxylic acids is 4. The van der Waals surface area contributed by atoms with Crippen LogP contribution in [0.2, 0.25) is 0 Å². The highest BCUT2D eigenvalue weighted by Crippen LogP contribution is 2.45. The zero-order chi connectivity index (χ0) is 78.1. The lowest BCUT2D eigenvalue weighted by atomic mass is 9.99. The molecule has 0 aliphatic carbocycles. The number of hydrogen-bond acceptors (Lipinski definition) is 15. The third-order valence-corrected chi connectivity index (χ3v) is 22.9. The highest BCUT2D eigenvalue weighted by atomic mass is 31.2. The molecule has 0 saturated heterocycles. The summed E-state index contributed by atoms with van der Waals surface area (Å²) in [5.41, 5.74) is 0. The summed E-state index contributed by atoms with van der Waals surface area (Å²) in [4.78, 5) is 73.2. The first-order valence-electron chi connectivity index (χ1n) is 44.8. The van der Waals surface area contributed by atoms with Crippen LogP contribution in [0.15, 0.2) is 0 Å². The summed E-state index contributed by atoms with van der Waals surface area (Å²) in [5.74, 6) is 1.09. The van der Waals surface area contributed by atoms with Crippen LogP contribution in [-0.2, 0) is 65.4 Å². The van der Waals surface area contributed by atoms with Crippen molar-refractivity contribution in [3.05, 3.63) is 0 Å². The Morgan fingerprint density at radius 1 is 0.264 bits per heavy atom. The van der Waals surface area contributed by atoms with E-state index in [1.54, 1.807) is 0 Å². The molecule has 0 rings (SSSR count). The second-order valence-electron chi connectivity index (χ2n) is 32.7. The zero-order valence-electron chi connectivity index (χ0n) is 70.1. The summed E-state index contributed by atoms with van der Waals surface area (Å²) >= 11 is 0. The molecule has 0 aromatic rings. The van der Waals surface area contributed by atoms with E-state index in [-0.39, 0.29) is 25.7 Å². The minimum atomic E-state index is -4.97. The summed E-state index contributed by atoms with van der Waals surface area (Å²) in [7, 11) is -9.93. The Kier molecular flexibility index (Phi) is 74.3. The highest BCUT2D eigenvalue weighted by Gasteiger charge is 2.31. The number of unbranched alkanes of at least 4 members (excludes halogenated alkanes) is 48. The van der Waals surface area contributed by atoms with Crippen LogP contribution in [0, 0.1) is 23.7 Å². The van der Waals surface area contributed by atoms with Gasteiger partial charge in [-0.25, -0.2) is 9.13 Å². The maximum atomic E-state index is 13.1. The molecule has 19 heteroatoms. The third kappa shape index (κ3) is 77.4. The zero-order valence-corrected chi connectivity index (χ0v) is 71.9. The molecule has 0 amide bonds. The molecule has 0 aromatic heterocycles. The molecule has 106 heavy (non-hydrogen) atoms. The standard InChI is InChI=1S/C87H170O17P2/c1-9-79(7)65-57-49-41-35-29-22-18-13-11-12-14-19-23-31-37-43-53-61-69-86(91)103-82(73-97-84(89)67-59-51-42-36-30-26-25-28-34-40-48-56-64-78(5)6)75-101-105(93,94)99-71-81(88)72-100-106(95,96)102-76-83(74-98-85(90)68-60-52-46-45-50-58-66-80(8)10-2)104-87(92)70-62-54-44-38-32-24-20-16-15-17-21-27-33-39-47-55-63-77(3)4/h77-83,88H,9-76H2,1-8H3,(H,93,94)(H,95,96)/t79?,80?,81-,82-,83-/m1/s1. The molecule has 0 aliphatic rings. The molecule has 0 saturated carbocycles. The monoisotopic (exact) mass is 1550 g/mol. The van der Waals surface area contributed by atoms with Crippen molar-refractivity contribution in [3.8, 4) is 0 Å². The number of hydrogen-bond donors (Lipinski definition) is 3. The molecule has 0 bridgehead atoms. The van der Waals surface area contributed by atoms with Gasteiger partial charge in [0.15, 0.2) is 12.2 Å². The fourth-order valence-electron chi connectivity index (χ4n) is 13.4. The molecule has 0 heterocycles. The molecule has 0 fully saturated rings. The molecule has 3 N–H and O–H groups in total. The van der Waals surface area contributed by atoms with Gasteiger partial charge in [-0.3, -0.25) is 37.3 Å². The lowest BCUT2D eigenvalue weighted by Gasteiger charge is -2.21. The third-order valence-electron chi connectivity index (χ3n) is 21.0. The van der Waals surface area contributed by atoms with Gasteiger partial charge in [0, 0.05) is 25.7 Å². The van der Waals surface area contributed by atoms with Gasteiger partial charge >= 0.3 is 39.5 Å². The predicted molar refractivity (Wildman–Crippen MR) is 437 cm³/mol. The van der Waals surface area contributed by atoms with Gasteiger partial charge in [-0.1, -0.05) is 402 Å². The highest BCUT2D eigenvalue weighted by molar-refractivity contribution is 7.47. The Morgan fingerprint density at radius 3 is 0.670 bits per heavy atom. The largest absolute Gasteiger partial charge is 0.472 e. The van der Waals surface area contributed by atoms with Crippen molar-refractivity contribution in [1.29, 1.82) is 0 Å². The molecule has 0 aromatic carbocycles. The van der Waals surface area contributed by atoms with Gasteiger partial charge < -0.3 is 33.8 Å². The van der Waals surface area contributed by atoms with Gasteiger partial charge in [0.1, 0.15) is 19.3 Å². The SMILES string of the molecule is CCC(C)CCCCCCCCCCCCCCCCCCCCC(=O)O[C@H](COC(=O)CCCCCCCCCCCCCCC(C)C)COP(=O)(O)OC[C@@H](O)COP(=O)(O)OC[C@@H](COC(=O)CCCCCCCCC(C)CC)OC(=O)CCCCCCCCCCCCCCCCCCC(C)C. The van der Waals surface area contributed by atoms with Crippen LogP contribution in [0.1, 0.15) is 453 Å². The quantitative estimate of drug-likeness (QED) is 0.0222. The van der Waals surface area contributed by atoms with Gasteiger partial charge in [0.25, 0.3) is 0 Å². The molecule has 0 radical (unpaired) electrons. The van der Waals surface area contributed by atoms with Gasteiger partial charge in [-0.15, -0.1) is 0 Å². The summed E-state index contributed by atoms with van der Waals surface area (Å²) < 4.78 is 68.9. The van der Waals surface area contributed by atoms with Gasteiger partial charge in [-0.2, -0.15) is 0 Å². The molecule has 0 spiro atoms.